The molecule has 0 spiro atoms. The van der Waals surface area contributed by atoms with Crippen LogP contribution in [0.5, 0.6) is 0 Å². The van der Waals surface area contributed by atoms with Gasteiger partial charge in [-0.3, -0.25) is 19.2 Å². The lowest BCUT2D eigenvalue weighted by molar-refractivity contribution is -0.124. The van der Waals surface area contributed by atoms with E-state index in [9.17, 15) is 39.0 Å². The van der Waals surface area contributed by atoms with Gasteiger partial charge in [0.2, 0.25) is 0 Å². The second-order valence-corrected chi connectivity index (χ2v) is 12.0. The Hall–Kier alpha value is -6.82. The van der Waals surface area contributed by atoms with Crippen molar-refractivity contribution in [2.45, 2.75) is 12.8 Å². The van der Waals surface area contributed by atoms with Crippen LogP contribution in [0.2, 0.25) is 0 Å². The van der Waals surface area contributed by atoms with Crippen molar-refractivity contribution in [2.75, 3.05) is 26.2 Å². The monoisotopic (exact) mass is 698 g/mol. The van der Waals surface area contributed by atoms with Crippen molar-refractivity contribution in [2.24, 2.45) is 0 Å². The maximum Gasteiger partial charge on any atom is 0.336 e. The van der Waals surface area contributed by atoms with Crippen molar-refractivity contribution in [3.63, 3.8) is 0 Å². The van der Waals surface area contributed by atoms with Crippen LogP contribution in [-0.2, 0) is 9.59 Å². The zero-order valence-corrected chi connectivity index (χ0v) is 27.9. The molecule has 2 aliphatic heterocycles. The summed E-state index contributed by atoms with van der Waals surface area (Å²) in [6, 6.07) is 30.0. The number of nitrogens with zero attached hydrogens (tertiary/aromatic N) is 2. The molecule has 2 heterocycles. The smallest absolute Gasteiger partial charge is 0.336 e. The van der Waals surface area contributed by atoms with Crippen molar-refractivity contribution in [1.29, 1.82) is 0 Å². The Bertz CT molecular complexity index is 1990. The van der Waals surface area contributed by atoms with Crippen LogP contribution in [0.25, 0.3) is 11.4 Å². The Morgan fingerprint density at radius 1 is 0.481 bits per heavy atom. The minimum atomic E-state index is -1.22. The van der Waals surface area contributed by atoms with Gasteiger partial charge in [0.15, 0.2) is 0 Å². The first-order valence-corrected chi connectivity index (χ1v) is 16.6. The summed E-state index contributed by atoms with van der Waals surface area (Å²) in [6.45, 7) is 0.606. The predicted molar refractivity (Wildman–Crippen MR) is 191 cm³/mol. The van der Waals surface area contributed by atoms with Crippen LogP contribution in [0.4, 0.5) is 0 Å². The minimum Gasteiger partial charge on any atom is -0.478 e. The summed E-state index contributed by atoms with van der Waals surface area (Å²) >= 11 is 0. The Morgan fingerprint density at radius 2 is 0.808 bits per heavy atom. The lowest BCUT2D eigenvalue weighted by Gasteiger charge is -2.25. The molecule has 2 aliphatic rings. The van der Waals surface area contributed by atoms with Gasteiger partial charge in [0.05, 0.1) is 44.8 Å². The van der Waals surface area contributed by atoms with E-state index in [1.807, 2.05) is 60.7 Å². The van der Waals surface area contributed by atoms with E-state index < -0.39 is 23.8 Å². The van der Waals surface area contributed by atoms with E-state index in [2.05, 4.69) is 10.6 Å². The van der Waals surface area contributed by atoms with E-state index in [-0.39, 0.29) is 71.4 Å². The third kappa shape index (κ3) is 6.94. The van der Waals surface area contributed by atoms with Gasteiger partial charge in [0, 0.05) is 26.2 Å². The van der Waals surface area contributed by atoms with Crippen LogP contribution in [-0.4, -0.2) is 81.8 Å². The number of carboxylic acid groups (broad SMARTS) is 2. The number of nitrogens with one attached hydrogen (secondary N) is 2. The molecule has 0 bridgehead atoms. The summed E-state index contributed by atoms with van der Waals surface area (Å²) in [5.74, 6) is -4.27. The highest BCUT2D eigenvalue weighted by atomic mass is 16.4. The van der Waals surface area contributed by atoms with Gasteiger partial charge in [-0.2, -0.15) is 0 Å². The lowest BCUT2D eigenvalue weighted by atomic mass is 10.0. The number of carbonyl (C=O) groups excluding carboxylic acids is 4. The Morgan fingerprint density at radius 3 is 1.15 bits per heavy atom. The Labute approximate surface area is 298 Å². The fourth-order valence-electron chi connectivity index (χ4n) is 6.42. The molecule has 52 heavy (non-hydrogen) atoms. The Balaban J connectivity index is 1.24. The second-order valence-electron chi connectivity index (χ2n) is 12.0. The quantitative estimate of drug-likeness (QED) is 0.139. The first kappa shape index (κ1) is 35.0. The number of amides is 4. The van der Waals surface area contributed by atoms with E-state index in [1.165, 1.54) is 36.4 Å². The van der Waals surface area contributed by atoms with Gasteiger partial charge in [0.1, 0.15) is 0 Å². The molecule has 0 aromatic heterocycles. The number of carbonyl (C=O) groups is 6. The molecule has 0 atom stereocenters. The Kier molecular flexibility index (Phi) is 10.4. The number of hydrogen-bond acceptors (Lipinski definition) is 6. The van der Waals surface area contributed by atoms with Crippen molar-refractivity contribution in [3.8, 4) is 0 Å². The highest BCUT2D eigenvalue weighted by Gasteiger charge is 2.48. The van der Waals surface area contributed by atoms with Crippen LogP contribution in [0, 0.1) is 0 Å². The van der Waals surface area contributed by atoms with E-state index in [4.69, 9.17) is 0 Å². The van der Waals surface area contributed by atoms with Crippen LogP contribution >= 0.6 is 0 Å². The van der Waals surface area contributed by atoms with E-state index in [1.54, 1.807) is 21.9 Å². The molecule has 12 heteroatoms. The molecule has 262 valence electrons. The summed E-state index contributed by atoms with van der Waals surface area (Å²) < 4.78 is 0. The van der Waals surface area contributed by atoms with Crippen LogP contribution < -0.4 is 10.6 Å². The van der Waals surface area contributed by atoms with E-state index >= 15 is 0 Å². The molecular weight excluding hydrogens is 664 g/mol. The topological polar surface area (TPSA) is 173 Å². The van der Waals surface area contributed by atoms with E-state index in [0.29, 0.717) is 35.4 Å². The molecule has 0 radical (unpaired) electrons. The number of fused-ring (bicyclic) bond motifs is 1. The summed E-state index contributed by atoms with van der Waals surface area (Å²) in [5, 5.41) is 24.4. The third-order valence-corrected chi connectivity index (χ3v) is 8.77. The maximum absolute atomic E-state index is 14.4. The highest BCUT2D eigenvalue weighted by Crippen LogP contribution is 2.46. The molecular formula is C40H34N4O8. The summed E-state index contributed by atoms with van der Waals surface area (Å²) in [7, 11) is 0. The zero-order chi connectivity index (χ0) is 36.8. The van der Waals surface area contributed by atoms with Crippen molar-refractivity contribution >= 4 is 47.0 Å². The predicted octanol–water partition coefficient (Wildman–Crippen LogP) is 4.53. The average Bonchev–Trinajstić information content (AvgIpc) is 3.61. The number of benzene rings is 4. The fraction of sp³-hybridized carbons (Fsp3) is 0.150. The normalized spacial score (nSPS) is 13.8. The summed E-state index contributed by atoms with van der Waals surface area (Å²) in [5.41, 5.74) is 2.55. The van der Waals surface area contributed by atoms with E-state index in [0.717, 1.165) is 0 Å². The number of aromatic carboxylic acids is 2. The molecule has 0 saturated carbocycles. The zero-order valence-electron chi connectivity index (χ0n) is 27.9. The molecule has 0 aliphatic carbocycles. The third-order valence-electron chi connectivity index (χ3n) is 8.77. The number of carboxylic acids is 2. The number of hydrogen-bond donors (Lipinski definition) is 4. The van der Waals surface area contributed by atoms with Crippen molar-refractivity contribution < 1.29 is 39.0 Å². The van der Waals surface area contributed by atoms with Crippen LogP contribution in [0.3, 0.4) is 0 Å². The average molecular weight is 699 g/mol. The molecule has 4 amide bonds. The summed E-state index contributed by atoms with van der Waals surface area (Å²) in [4.78, 5) is 80.7. The van der Waals surface area contributed by atoms with Gasteiger partial charge in [0.25, 0.3) is 23.6 Å². The van der Waals surface area contributed by atoms with Gasteiger partial charge < -0.3 is 30.6 Å². The van der Waals surface area contributed by atoms with Gasteiger partial charge in [-0.15, -0.1) is 0 Å². The van der Waals surface area contributed by atoms with Gasteiger partial charge in [-0.05, 0) is 48.2 Å². The van der Waals surface area contributed by atoms with Crippen molar-refractivity contribution in [3.05, 3.63) is 154 Å². The van der Waals surface area contributed by atoms with Crippen molar-refractivity contribution in [1.82, 2.24) is 20.4 Å². The standard InChI is InChI=1S/C40H34N4O8/c45-35(27-17-7-9-19-29(27)39(49)50)41-21-11-23-43-33(25-13-3-1-4-14-25)31-32(38(43)48)34(26-15-5-2-6-16-26)44(37(31)47)24-12-22-42-36(46)28-18-8-10-20-30(28)40(51)52/h1-10,13-20H,11-12,21-24H2,(H,41,45)(H,42,46)(H,49,50)(H,51,52). The van der Waals surface area contributed by atoms with Crippen LogP contribution in [0.1, 0.15) is 65.4 Å². The molecule has 4 aromatic carbocycles. The highest BCUT2D eigenvalue weighted by molar-refractivity contribution is 6.30. The molecule has 0 fully saturated rings. The molecule has 4 N–H and O–H groups in total. The summed E-state index contributed by atoms with van der Waals surface area (Å²) in [6.07, 6.45) is 0.625. The first-order chi connectivity index (χ1) is 25.2. The molecule has 0 saturated heterocycles. The molecule has 0 unspecified atom stereocenters. The minimum absolute atomic E-state index is 0.0295. The second kappa shape index (κ2) is 15.4. The molecule has 4 aromatic rings. The van der Waals surface area contributed by atoms with Crippen LogP contribution in [0.15, 0.2) is 120 Å². The van der Waals surface area contributed by atoms with Gasteiger partial charge in [-0.25, -0.2) is 9.59 Å². The van der Waals surface area contributed by atoms with Gasteiger partial charge in [-0.1, -0.05) is 84.9 Å². The molecule has 6 rings (SSSR count). The van der Waals surface area contributed by atoms with Gasteiger partial charge >= 0.3 is 11.9 Å². The maximum atomic E-state index is 14.4. The SMILES string of the molecule is O=C(O)c1ccccc1C(=O)NCCCN1C(=O)C2=C(c3ccccc3)N(CCCNC(=O)c3ccccc3C(=O)O)C(=O)C2=C1c1ccccc1. The lowest BCUT2D eigenvalue weighted by Crippen LogP contribution is -2.34. The largest absolute Gasteiger partial charge is 0.478 e. The fourth-order valence-corrected chi connectivity index (χ4v) is 6.42. The number of rotatable bonds is 14. The first-order valence-electron chi connectivity index (χ1n) is 16.6. The molecule has 12 nitrogen and oxygen atoms in total.